The van der Waals surface area contributed by atoms with E-state index >= 15 is 0 Å². The Morgan fingerprint density at radius 2 is 2.10 bits per heavy atom. The SMILES string of the molecule is O=C(NCCc1ncc[nH]1)c1occc1-c1ccccc1. The first kappa shape index (κ1) is 13.2. The number of hydrogen-bond acceptors (Lipinski definition) is 3. The van der Waals surface area contributed by atoms with Crippen molar-refractivity contribution in [1.29, 1.82) is 0 Å². The Kier molecular flexibility index (Phi) is 3.82. The van der Waals surface area contributed by atoms with Crippen molar-refractivity contribution in [2.24, 2.45) is 0 Å². The minimum atomic E-state index is -0.217. The van der Waals surface area contributed by atoms with E-state index < -0.39 is 0 Å². The van der Waals surface area contributed by atoms with Crippen LogP contribution in [0.3, 0.4) is 0 Å². The number of benzene rings is 1. The van der Waals surface area contributed by atoms with Gasteiger partial charge < -0.3 is 14.7 Å². The van der Waals surface area contributed by atoms with Crippen molar-refractivity contribution < 1.29 is 9.21 Å². The summed E-state index contributed by atoms with van der Waals surface area (Å²) < 4.78 is 5.33. The van der Waals surface area contributed by atoms with Crippen molar-refractivity contribution >= 4 is 5.91 Å². The molecule has 3 rings (SSSR count). The molecule has 1 amide bonds. The second-order valence-electron chi connectivity index (χ2n) is 4.57. The van der Waals surface area contributed by atoms with Crippen LogP contribution in [0.25, 0.3) is 11.1 Å². The molecule has 2 aromatic heterocycles. The normalized spacial score (nSPS) is 10.5. The average molecular weight is 281 g/mol. The van der Waals surface area contributed by atoms with Crippen molar-refractivity contribution in [3.05, 3.63) is 66.6 Å². The lowest BCUT2D eigenvalue weighted by Crippen LogP contribution is -2.26. The lowest BCUT2D eigenvalue weighted by Gasteiger charge is -2.04. The van der Waals surface area contributed by atoms with E-state index in [1.54, 1.807) is 18.5 Å². The minimum Gasteiger partial charge on any atom is -0.459 e. The maximum absolute atomic E-state index is 12.2. The van der Waals surface area contributed by atoms with Crippen molar-refractivity contribution in [1.82, 2.24) is 15.3 Å². The molecule has 0 aliphatic rings. The molecule has 106 valence electrons. The Balaban J connectivity index is 1.67. The van der Waals surface area contributed by atoms with Gasteiger partial charge in [-0.1, -0.05) is 30.3 Å². The number of nitrogens with zero attached hydrogens (tertiary/aromatic N) is 1. The van der Waals surface area contributed by atoms with Crippen LogP contribution in [0.2, 0.25) is 0 Å². The molecule has 0 aliphatic heterocycles. The number of hydrogen-bond donors (Lipinski definition) is 2. The van der Waals surface area contributed by atoms with Gasteiger partial charge in [0.05, 0.1) is 6.26 Å². The fraction of sp³-hybridized carbons (Fsp3) is 0.125. The third-order valence-corrected chi connectivity index (χ3v) is 3.16. The Bertz CT molecular complexity index is 702. The Hall–Kier alpha value is -2.82. The van der Waals surface area contributed by atoms with Gasteiger partial charge in [-0.2, -0.15) is 0 Å². The molecule has 2 heterocycles. The van der Waals surface area contributed by atoms with Crippen molar-refractivity contribution in [3.63, 3.8) is 0 Å². The van der Waals surface area contributed by atoms with Crippen LogP contribution in [0.4, 0.5) is 0 Å². The Morgan fingerprint density at radius 1 is 1.24 bits per heavy atom. The molecule has 0 atom stereocenters. The smallest absolute Gasteiger partial charge is 0.287 e. The summed E-state index contributed by atoms with van der Waals surface area (Å²) in [5.41, 5.74) is 1.76. The largest absolute Gasteiger partial charge is 0.459 e. The zero-order chi connectivity index (χ0) is 14.5. The van der Waals surface area contributed by atoms with E-state index in [1.165, 1.54) is 6.26 Å². The highest BCUT2D eigenvalue weighted by Gasteiger charge is 2.16. The molecule has 1 aromatic carbocycles. The summed E-state index contributed by atoms with van der Waals surface area (Å²) in [6.45, 7) is 0.501. The van der Waals surface area contributed by atoms with Crippen LogP contribution >= 0.6 is 0 Å². The standard InChI is InChI=1S/C16H15N3O2/c20-16(19-8-6-14-17-9-10-18-14)15-13(7-11-21-15)12-4-2-1-3-5-12/h1-5,7,9-11H,6,8H2,(H,17,18)(H,19,20). The quantitative estimate of drug-likeness (QED) is 0.755. The Labute approximate surface area is 122 Å². The van der Waals surface area contributed by atoms with Crippen molar-refractivity contribution in [2.45, 2.75) is 6.42 Å². The first-order chi connectivity index (χ1) is 10.3. The Morgan fingerprint density at radius 3 is 2.86 bits per heavy atom. The molecular formula is C16H15N3O2. The lowest BCUT2D eigenvalue weighted by molar-refractivity contribution is 0.0927. The molecule has 0 radical (unpaired) electrons. The molecule has 0 aliphatic carbocycles. The van der Waals surface area contributed by atoms with Gasteiger partial charge in [0, 0.05) is 30.9 Å². The zero-order valence-corrected chi connectivity index (χ0v) is 11.4. The van der Waals surface area contributed by atoms with E-state index in [-0.39, 0.29) is 5.91 Å². The van der Waals surface area contributed by atoms with Crippen molar-refractivity contribution in [2.75, 3.05) is 6.54 Å². The predicted octanol–water partition coefficient (Wildman–Crippen LogP) is 2.64. The number of nitrogens with one attached hydrogen (secondary N) is 2. The highest BCUT2D eigenvalue weighted by atomic mass is 16.3. The highest BCUT2D eigenvalue weighted by Crippen LogP contribution is 2.24. The van der Waals surface area contributed by atoms with Crippen LogP contribution in [-0.2, 0) is 6.42 Å². The summed E-state index contributed by atoms with van der Waals surface area (Å²) in [4.78, 5) is 19.3. The topological polar surface area (TPSA) is 70.9 Å². The molecule has 0 bridgehead atoms. The third-order valence-electron chi connectivity index (χ3n) is 3.16. The van der Waals surface area contributed by atoms with Crippen LogP contribution in [0, 0.1) is 0 Å². The third kappa shape index (κ3) is 3.02. The van der Waals surface area contributed by atoms with Crippen LogP contribution in [0.15, 0.2) is 59.5 Å². The summed E-state index contributed by atoms with van der Waals surface area (Å²) >= 11 is 0. The maximum atomic E-state index is 12.2. The summed E-state index contributed by atoms with van der Waals surface area (Å²) in [6, 6.07) is 11.5. The lowest BCUT2D eigenvalue weighted by atomic mass is 10.1. The minimum absolute atomic E-state index is 0.217. The molecule has 0 saturated carbocycles. The molecule has 5 nitrogen and oxygen atoms in total. The summed E-state index contributed by atoms with van der Waals surface area (Å²) in [5, 5.41) is 2.84. The summed E-state index contributed by atoms with van der Waals surface area (Å²) in [5.74, 6) is 0.962. The van der Waals surface area contributed by atoms with Gasteiger partial charge in [-0.05, 0) is 11.6 Å². The van der Waals surface area contributed by atoms with E-state index in [2.05, 4.69) is 15.3 Å². The number of rotatable bonds is 5. The maximum Gasteiger partial charge on any atom is 0.287 e. The highest BCUT2D eigenvalue weighted by molar-refractivity contribution is 5.98. The first-order valence-electron chi connectivity index (χ1n) is 6.74. The number of amides is 1. The van der Waals surface area contributed by atoms with E-state index in [4.69, 9.17) is 4.42 Å². The first-order valence-corrected chi connectivity index (χ1v) is 6.74. The fourth-order valence-electron chi connectivity index (χ4n) is 2.14. The van der Waals surface area contributed by atoms with E-state index in [1.807, 2.05) is 30.3 Å². The molecule has 5 heteroatoms. The van der Waals surface area contributed by atoms with Gasteiger partial charge in [0.1, 0.15) is 5.82 Å². The molecule has 21 heavy (non-hydrogen) atoms. The number of furan rings is 1. The van der Waals surface area contributed by atoms with Gasteiger partial charge in [0.2, 0.25) is 0 Å². The second kappa shape index (κ2) is 6.09. The van der Waals surface area contributed by atoms with Crippen LogP contribution in [0.5, 0.6) is 0 Å². The fourth-order valence-corrected chi connectivity index (χ4v) is 2.14. The average Bonchev–Trinajstić information content (AvgIpc) is 3.19. The molecular weight excluding hydrogens is 266 g/mol. The van der Waals surface area contributed by atoms with E-state index in [9.17, 15) is 4.79 Å². The van der Waals surface area contributed by atoms with Crippen LogP contribution in [-0.4, -0.2) is 22.4 Å². The van der Waals surface area contributed by atoms with Crippen LogP contribution in [0.1, 0.15) is 16.4 Å². The number of carbonyl (C=O) groups is 1. The molecule has 0 fully saturated rings. The van der Waals surface area contributed by atoms with Gasteiger partial charge in [0.25, 0.3) is 5.91 Å². The summed E-state index contributed by atoms with van der Waals surface area (Å²) in [6.07, 6.45) is 5.64. The molecule has 2 N–H and O–H groups in total. The number of imidazole rings is 1. The zero-order valence-electron chi connectivity index (χ0n) is 11.4. The number of H-pyrrole nitrogens is 1. The van der Waals surface area contributed by atoms with Gasteiger partial charge in [-0.25, -0.2) is 4.98 Å². The van der Waals surface area contributed by atoms with Gasteiger partial charge >= 0.3 is 0 Å². The van der Waals surface area contributed by atoms with Crippen molar-refractivity contribution in [3.8, 4) is 11.1 Å². The summed E-state index contributed by atoms with van der Waals surface area (Å²) in [7, 11) is 0. The molecule has 0 spiro atoms. The number of aromatic amines is 1. The van der Waals surface area contributed by atoms with Gasteiger partial charge in [-0.15, -0.1) is 0 Å². The predicted molar refractivity (Wildman–Crippen MR) is 78.8 cm³/mol. The van der Waals surface area contributed by atoms with Gasteiger partial charge in [0.15, 0.2) is 5.76 Å². The molecule has 3 aromatic rings. The number of aromatic nitrogens is 2. The van der Waals surface area contributed by atoms with Gasteiger partial charge in [-0.3, -0.25) is 4.79 Å². The second-order valence-corrected chi connectivity index (χ2v) is 4.57. The number of carbonyl (C=O) groups excluding carboxylic acids is 1. The van der Waals surface area contributed by atoms with E-state index in [0.29, 0.717) is 18.7 Å². The monoisotopic (exact) mass is 281 g/mol. The van der Waals surface area contributed by atoms with E-state index in [0.717, 1.165) is 17.0 Å². The molecule has 0 saturated heterocycles. The molecule has 0 unspecified atom stereocenters. The van der Waals surface area contributed by atoms with Crippen LogP contribution < -0.4 is 5.32 Å².